The van der Waals surface area contributed by atoms with Crippen LogP contribution < -0.4 is 10.1 Å². The molecule has 1 atom stereocenters. The SMILES string of the molecule is COc1ccc(NC(CCl)c2ccccc2)nc1. The summed E-state index contributed by atoms with van der Waals surface area (Å²) >= 11 is 6.00. The molecule has 2 rings (SSSR count). The zero-order valence-corrected chi connectivity index (χ0v) is 10.9. The molecule has 0 amide bonds. The highest BCUT2D eigenvalue weighted by atomic mass is 35.5. The van der Waals surface area contributed by atoms with E-state index in [4.69, 9.17) is 16.3 Å². The van der Waals surface area contributed by atoms with Crippen LogP contribution in [0.15, 0.2) is 48.7 Å². The van der Waals surface area contributed by atoms with Crippen molar-refractivity contribution in [2.75, 3.05) is 18.3 Å². The summed E-state index contributed by atoms with van der Waals surface area (Å²) in [6.45, 7) is 0. The number of alkyl halides is 1. The van der Waals surface area contributed by atoms with Gasteiger partial charge in [0.05, 0.1) is 19.3 Å². The van der Waals surface area contributed by atoms with Crippen molar-refractivity contribution >= 4 is 17.4 Å². The third-order valence-corrected chi connectivity index (χ3v) is 2.96. The molecule has 1 unspecified atom stereocenters. The summed E-state index contributed by atoms with van der Waals surface area (Å²) in [5, 5.41) is 3.30. The zero-order valence-electron chi connectivity index (χ0n) is 10.1. The van der Waals surface area contributed by atoms with E-state index >= 15 is 0 Å². The van der Waals surface area contributed by atoms with Gasteiger partial charge in [0.25, 0.3) is 0 Å². The lowest BCUT2D eigenvalue weighted by Gasteiger charge is -2.17. The Hall–Kier alpha value is -1.74. The van der Waals surface area contributed by atoms with Gasteiger partial charge in [-0.15, -0.1) is 11.6 Å². The van der Waals surface area contributed by atoms with Crippen LogP contribution in [0, 0.1) is 0 Å². The topological polar surface area (TPSA) is 34.1 Å². The van der Waals surface area contributed by atoms with Crippen LogP contribution in [0.4, 0.5) is 5.82 Å². The number of methoxy groups -OCH3 is 1. The van der Waals surface area contributed by atoms with Crippen LogP contribution in [0.1, 0.15) is 11.6 Å². The number of nitrogens with zero attached hydrogens (tertiary/aromatic N) is 1. The predicted molar refractivity (Wildman–Crippen MR) is 74.3 cm³/mol. The molecule has 0 aliphatic carbocycles. The van der Waals surface area contributed by atoms with Crippen molar-refractivity contribution in [2.24, 2.45) is 0 Å². The highest BCUT2D eigenvalue weighted by Crippen LogP contribution is 2.20. The fraction of sp³-hybridized carbons (Fsp3) is 0.214. The monoisotopic (exact) mass is 262 g/mol. The Morgan fingerprint density at radius 3 is 2.56 bits per heavy atom. The van der Waals surface area contributed by atoms with Gasteiger partial charge >= 0.3 is 0 Å². The molecule has 0 aliphatic heterocycles. The summed E-state index contributed by atoms with van der Waals surface area (Å²) < 4.78 is 5.07. The maximum Gasteiger partial charge on any atom is 0.137 e. The first-order valence-electron chi connectivity index (χ1n) is 5.71. The molecule has 0 radical (unpaired) electrons. The van der Waals surface area contributed by atoms with Gasteiger partial charge in [0, 0.05) is 5.88 Å². The van der Waals surface area contributed by atoms with Crippen LogP contribution in [0.2, 0.25) is 0 Å². The highest BCUT2D eigenvalue weighted by molar-refractivity contribution is 6.18. The van der Waals surface area contributed by atoms with E-state index in [-0.39, 0.29) is 6.04 Å². The van der Waals surface area contributed by atoms with Gasteiger partial charge in [-0.25, -0.2) is 4.98 Å². The molecule has 0 saturated heterocycles. The van der Waals surface area contributed by atoms with Crippen molar-refractivity contribution in [2.45, 2.75) is 6.04 Å². The van der Waals surface area contributed by atoms with Gasteiger partial charge in [-0.1, -0.05) is 30.3 Å². The standard InChI is InChI=1S/C14H15ClN2O/c1-18-12-7-8-14(16-10-12)17-13(9-15)11-5-3-2-4-6-11/h2-8,10,13H,9H2,1H3,(H,16,17). The Balaban J connectivity index is 2.10. The molecule has 0 saturated carbocycles. The molecule has 0 spiro atoms. The van der Waals surface area contributed by atoms with E-state index in [0.29, 0.717) is 5.88 Å². The molecular weight excluding hydrogens is 248 g/mol. The molecule has 1 heterocycles. The Bertz CT molecular complexity index is 473. The van der Waals surface area contributed by atoms with E-state index in [1.807, 2.05) is 42.5 Å². The van der Waals surface area contributed by atoms with E-state index < -0.39 is 0 Å². The smallest absolute Gasteiger partial charge is 0.137 e. The lowest BCUT2D eigenvalue weighted by molar-refractivity contribution is 0.413. The fourth-order valence-corrected chi connectivity index (χ4v) is 1.92. The lowest BCUT2D eigenvalue weighted by atomic mass is 10.1. The van der Waals surface area contributed by atoms with Gasteiger partial charge in [-0.3, -0.25) is 0 Å². The molecule has 0 fully saturated rings. The number of halogens is 1. The Labute approximate surface area is 112 Å². The van der Waals surface area contributed by atoms with Crippen molar-refractivity contribution in [3.05, 3.63) is 54.2 Å². The zero-order chi connectivity index (χ0) is 12.8. The largest absolute Gasteiger partial charge is 0.495 e. The van der Waals surface area contributed by atoms with Gasteiger partial charge in [0.2, 0.25) is 0 Å². The molecule has 1 aromatic carbocycles. The third kappa shape index (κ3) is 3.14. The number of rotatable bonds is 5. The molecule has 1 N–H and O–H groups in total. The average Bonchev–Trinajstić information content (AvgIpc) is 2.46. The first-order valence-corrected chi connectivity index (χ1v) is 6.24. The van der Waals surface area contributed by atoms with Gasteiger partial charge in [0.15, 0.2) is 0 Å². The Kier molecular flexibility index (Phi) is 4.42. The molecule has 0 bridgehead atoms. The second-order valence-electron chi connectivity index (χ2n) is 3.85. The molecule has 2 aromatic rings. The molecule has 94 valence electrons. The number of benzene rings is 1. The maximum atomic E-state index is 6.00. The molecule has 4 heteroatoms. The normalized spacial score (nSPS) is 11.9. The summed E-state index contributed by atoms with van der Waals surface area (Å²) in [5.41, 5.74) is 1.14. The first-order chi connectivity index (χ1) is 8.83. The average molecular weight is 263 g/mol. The van der Waals surface area contributed by atoms with Crippen molar-refractivity contribution < 1.29 is 4.74 Å². The second kappa shape index (κ2) is 6.26. The summed E-state index contributed by atoms with van der Waals surface area (Å²) in [4.78, 5) is 4.27. The third-order valence-electron chi connectivity index (χ3n) is 2.65. The van der Waals surface area contributed by atoms with E-state index in [1.165, 1.54) is 0 Å². The van der Waals surface area contributed by atoms with Gasteiger partial charge in [-0.2, -0.15) is 0 Å². The van der Waals surface area contributed by atoms with Crippen LogP contribution in [-0.4, -0.2) is 18.0 Å². The van der Waals surface area contributed by atoms with E-state index in [0.717, 1.165) is 17.1 Å². The number of hydrogen-bond donors (Lipinski definition) is 1. The second-order valence-corrected chi connectivity index (χ2v) is 4.15. The van der Waals surface area contributed by atoms with Crippen LogP contribution in [-0.2, 0) is 0 Å². The summed E-state index contributed by atoms with van der Waals surface area (Å²) in [6, 6.07) is 13.9. The van der Waals surface area contributed by atoms with Crippen LogP contribution >= 0.6 is 11.6 Å². The number of hydrogen-bond acceptors (Lipinski definition) is 3. The number of aromatic nitrogens is 1. The van der Waals surface area contributed by atoms with Crippen molar-refractivity contribution in [1.82, 2.24) is 4.98 Å². The van der Waals surface area contributed by atoms with E-state index in [2.05, 4.69) is 10.3 Å². The van der Waals surface area contributed by atoms with Crippen molar-refractivity contribution in [3.63, 3.8) is 0 Å². The van der Waals surface area contributed by atoms with Gasteiger partial charge in [0.1, 0.15) is 11.6 Å². The Morgan fingerprint density at radius 2 is 2.00 bits per heavy atom. The first kappa shape index (κ1) is 12.7. The lowest BCUT2D eigenvalue weighted by Crippen LogP contribution is -2.13. The number of anilines is 1. The highest BCUT2D eigenvalue weighted by Gasteiger charge is 2.09. The van der Waals surface area contributed by atoms with Crippen LogP contribution in [0.5, 0.6) is 5.75 Å². The number of nitrogens with one attached hydrogen (secondary N) is 1. The number of pyridine rings is 1. The molecule has 18 heavy (non-hydrogen) atoms. The predicted octanol–water partition coefficient (Wildman–Crippen LogP) is 3.48. The summed E-state index contributed by atoms with van der Waals surface area (Å²) in [7, 11) is 1.62. The molecule has 1 aromatic heterocycles. The van der Waals surface area contributed by atoms with Crippen molar-refractivity contribution in [3.8, 4) is 5.75 Å². The molecule has 0 aliphatic rings. The van der Waals surface area contributed by atoms with Gasteiger partial charge < -0.3 is 10.1 Å². The Morgan fingerprint density at radius 1 is 1.22 bits per heavy atom. The fourth-order valence-electron chi connectivity index (χ4n) is 1.66. The van der Waals surface area contributed by atoms with E-state index in [9.17, 15) is 0 Å². The van der Waals surface area contributed by atoms with Crippen LogP contribution in [0.3, 0.4) is 0 Å². The van der Waals surface area contributed by atoms with Gasteiger partial charge in [-0.05, 0) is 17.7 Å². The molecular formula is C14H15ClN2O. The van der Waals surface area contributed by atoms with E-state index in [1.54, 1.807) is 13.3 Å². The maximum absolute atomic E-state index is 6.00. The minimum atomic E-state index is 0.0498. The number of ether oxygens (including phenoxy) is 1. The molecule has 3 nitrogen and oxygen atoms in total. The minimum Gasteiger partial charge on any atom is -0.495 e. The minimum absolute atomic E-state index is 0.0498. The quantitative estimate of drug-likeness (QED) is 0.838. The van der Waals surface area contributed by atoms with Crippen LogP contribution in [0.25, 0.3) is 0 Å². The van der Waals surface area contributed by atoms with Crippen molar-refractivity contribution in [1.29, 1.82) is 0 Å². The summed E-state index contributed by atoms with van der Waals surface area (Å²) in [5.74, 6) is 2.01. The summed E-state index contributed by atoms with van der Waals surface area (Å²) in [6.07, 6.45) is 1.68.